The van der Waals surface area contributed by atoms with Crippen LogP contribution in [0.15, 0.2) is 11.1 Å². The molecule has 64 valence electrons. The summed E-state index contributed by atoms with van der Waals surface area (Å²) >= 11 is 6.05. The molecule has 0 atom stereocenters. The number of rotatable bonds is 0. The smallest absolute Gasteiger partial charge is 0.0151 e. The largest absolute Gasteiger partial charge is 0.0895 e. The molecule has 1 aliphatic rings. The molecular formula is C10H17Cl. The Labute approximate surface area is 74.6 Å². The van der Waals surface area contributed by atoms with Crippen molar-refractivity contribution in [1.82, 2.24) is 0 Å². The Morgan fingerprint density at radius 2 is 1.82 bits per heavy atom. The van der Waals surface area contributed by atoms with Crippen LogP contribution >= 0.6 is 11.6 Å². The molecule has 1 rings (SSSR count). The summed E-state index contributed by atoms with van der Waals surface area (Å²) in [7, 11) is 0. The van der Waals surface area contributed by atoms with Crippen molar-refractivity contribution in [2.24, 2.45) is 10.8 Å². The second kappa shape index (κ2) is 2.52. The Morgan fingerprint density at radius 3 is 2.18 bits per heavy atom. The highest BCUT2D eigenvalue weighted by Crippen LogP contribution is 2.45. The minimum absolute atomic E-state index is 0.291. The van der Waals surface area contributed by atoms with Crippen LogP contribution in [0.2, 0.25) is 0 Å². The third-order valence-corrected chi connectivity index (χ3v) is 2.37. The Kier molecular flexibility index (Phi) is 2.09. The first kappa shape index (κ1) is 9.12. The van der Waals surface area contributed by atoms with Crippen LogP contribution in [0.5, 0.6) is 0 Å². The van der Waals surface area contributed by atoms with E-state index in [9.17, 15) is 0 Å². The van der Waals surface area contributed by atoms with Gasteiger partial charge in [0.15, 0.2) is 0 Å². The highest BCUT2D eigenvalue weighted by molar-refractivity contribution is 6.29. The Balaban J connectivity index is 2.86. The van der Waals surface area contributed by atoms with Gasteiger partial charge in [0, 0.05) is 5.03 Å². The van der Waals surface area contributed by atoms with E-state index in [0.717, 1.165) is 11.5 Å². The van der Waals surface area contributed by atoms with Crippen molar-refractivity contribution in [3.63, 3.8) is 0 Å². The van der Waals surface area contributed by atoms with Crippen molar-refractivity contribution >= 4 is 11.6 Å². The third-order valence-electron chi connectivity index (χ3n) is 2.13. The van der Waals surface area contributed by atoms with Gasteiger partial charge >= 0.3 is 0 Å². The zero-order valence-electron chi connectivity index (χ0n) is 7.87. The SMILES string of the molecule is CC1(C)C=C(Cl)CC(C)(C)C1. The minimum Gasteiger partial charge on any atom is -0.0895 e. The van der Waals surface area contributed by atoms with Crippen LogP contribution in [0.4, 0.5) is 0 Å². The molecule has 0 radical (unpaired) electrons. The fourth-order valence-corrected chi connectivity index (χ4v) is 2.94. The summed E-state index contributed by atoms with van der Waals surface area (Å²) < 4.78 is 0. The molecule has 11 heavy (non-hydrogen) atoms. The van der Waals surface area contributed by atoms with E-state index in [1.165, 1.54) is 6.42 Å². The molecule has 1 heteroatoms. The summed E-state index contributed by atoms with van der Waals surface area (Å²) in [6.07, 6.45) is 4.47. The van der Waals surface area contributed by atoms with E-state index in [1.807, 2.05) is 0 Å². The molecule has 0 spiro atoms. The minimum atomic E-state index is 0.291. The molecule has 0 fully saturated rings. The lowest BCUT2D eigenvalue weighted by atomic mass is 9.69. The van der Waals surface area contributed by atoms with Gasteiger partial charge in [-0.2, -0.15) is 0 Å². The van der Waals surface area contributed by atoms with Crippen molar-refractivity contribution in [3.05, 3.63) is 11.1 Å². The van der Waals surface area contributed by atoms with E-state index in [1.54, 1.807) is 0 Å². The molecule has 0 N–H and O–H groups in total. The second-order valence-corrected chi connectivity index (χ2v) is 5.58. The maximum Gasteiger partial charge on any atom is 0.0151 e. The maximum atomic E-state index is 6.05. The van der Waals surface area contributed by atoms with Gasteiger partial charge in [0.2, 0.25) is 0 Å². The normalized spacial score (nSPS) is 27.9. The van der Waals surface area contributed by atoms with Gasteiger partial charge in [0.1, 0.15) is 0 Å². The molecule has 0 nitrogen and oxygen atoms in total. The lowest BCUT2D eigenvalue weighted by molar-refractivity contribution is 0.220. The number of hydrogen-bond acceptors (Lipinski definition) is 0. The van der Waals surface area contributed by atoms with Crippen LogP contribution in [0.25, 0.3) is 0 Å². The fraction of sp³-hybridized carbons (Fsp3) is 0.800. The standard InChI is InChI=1S/C10H17Cl/c1-9(2)5-8(11)6-10(3,4)7-9/h5H,6-7H2,1-4H3. The summed E-state index contributed by atoms with van der Waals surface area (Å²) in [5, 5.41) is 1.03. The van der Waals surface area contributed by atoms with Gasteiger partial charge in [-0.3, -0.25) is 0 Å². The molecule has 0 aromatic carbocycles. The Hall–Kier alpha value is 0.0300. The number of allylic oxidation sites excluding steroid dienone is 2. The summed E-state index contributed by atoms with van der Waals surface area (Å²) in [6, 6.07) is 0. The van der Waals surface area contributed by atoms with Crippen LogP contribution in [-0.2, 0) is 0 Å². The monoisotopic (exact) mass is 172 g/mol. The van der Waals surface area contributed by atoms with Crippen molar-refractivity contribution in [3.8, 4) is 0 Å². The first-order chi connectivity index (χ1) is 4.81. The zero-order valence-corrected chi connectivity index (χ0v) is 8.63. The summed E-state index contributed by atoms with van der Waals surface area (Å²) in [6.45, 7) is 9.06. The summed E-state index contributed by atoms with van der Waals surface area (Å²) in [4.78, 5) is 0. The average Bonchev–Trinajstić information content (AvgIpc) is 1.49. The van der Waals surface area contributed by atoms with Gasteiger partial charge in [0.25, 0.3) is 0 Å². The lowest BCUT2D eigenvalue weighted by Crippen LogP contribution is -2.25. The van der Waals surface area contributed by atoms with Crippen molar-refractivity contribution in [2.45, 2.75) is 40.5 Å². The van der Waals surface area contributed by atoms with Crippen LogP contribution in [0.1, 0.15) is 40.5 Å². The molecule has 0 unspecified atom stereocenters. The summed E-state index contributed by atoms with van der Waals surface area (Å²) in [5.41, 5.74) is 0.675. The third kappa shape index (κ3) is 2.52. The van der Waals surface area contributed by atoms with Gasteiger partial charge < -0.3 is 0 Å². The van der Waals surface area contributed by atoms with Crippen LogP contribution in [-0.4, -0.2) is 0 Å². The van der Waals surface area contributed by atoms with E-state index in [4.69, 9.17) is 11.6 Å². The molecule has 1 aliphatic carbocycles. The molecule has 0 aliphatic heterocycles. The predicted octanol–water partition coefficient (Wildman–Crippen LogP) is 3.96. The van der Waals surface area contributed by atoms with E-state index in [2.05, 4.69) is 33.8 Å². The van der Waals surface area contributed by atoms with Gasteiger partial charge in [0.05, 0.1) is 0 Å². The van der Waals surface area contributed by atoms with Crippen molar-refractivity contribution in [1.29, 1.82) is 0 Å². The Bertz CT molecular complexity index is 187. The highest BCUT2D eigenvalue weighted by atomic mass is 35.5. The van der Waals surface area contributed by atoms with Gasteiger partial charge in [-0.15, -0.1) is 0 Å². The molecule has 0 amide bonds. The van der Waals surface area contributed by atoms with Gasteiger partial charge in [-0.05, 0) is 23.7 Å². The van der Waals surface area contributed by atoms with E-state index in [0.29, 0.717) is 10.8 Å². The van der Waals surface area contributed by atoms with Crippen molar-refractivity contribution < 1.29 is 0 Å². The molecule has 0 aromatic rings. The first-order valence-electron chi connectivity index (χ1n) is 4.18. The average molecular weight is 173 g/mol. The molecule has 0 aromatic heterocycles. The van der Waals surface area contributed by atoms with Crippen LogP contribution < -0.4 is 0 Å². The number of halogens is 1. The van der Waals surface area contributed by atoms with Crippen molar-refractivity contribution in [2.75, 3.05) is 0 Å². The maximum absolute atomic E-state index is 6.05. The van der Waals surface area contributed by atoms with Gasteiger partial charge in [-0.25, -0.2) is 0 Å². The van der Waals surface area contributed by atoms with Gasteiger partial charge in [-0.1, -0.05) is 45.4 Å². The second-order valence-electron chi connectivity index (χ2n) is 5.10. The molecular weight excluding hydrogens is 156 g/mol. The lowest BCUT2D eigenvalue weighted by Gasteiger charge is -2.37. The fourth-order valence-electron chi connectivity index (χ4n) is 2.28. The molecule has 0 saturated heterocycles. The van der Waals surface area contributed by atoms with Crippen LogP contribution in [0, 0.1) is 10.8 Å². The zero-order chi connectivity index (χ0) is 8.70. The molecule has 0 bridgehead atoms. The van der Waals surface area contributed by atoms with E-state index < -0.39 is 0 Å². The topological polar surface area (TPSA) is 0 Å². The summed E-state index contributed by atoms with van der Waals surface area (Å²) in [5.74, 6) is 0. The van der Waals surface area contributed by atoms with Crippen LogP contribution in [0.3, 0.4) is 0 Å². The Morgan fingerprint density at radius 1 is 1.27 bits per heavy atom. The molecule has 0 heterocycles. The molecule has 0 saturated carbocycles. The predicted molar refractivity (Wildman–Crippen MR) is 50.7 cm³/mol. The first-order valence-corrected chi connectivity index (χ1v) is 4.56. The number of hydrogen-bond donors (Lipinski definition) is 0. The quantitative estimate of drug-likeness (QED) is 0.519. The van der Waals surface area contributed by atoms with E-state index >= 15 is 0 Å². The van der Waals surface area contributed by atoms with E-state index in [-0.39, 0.29) is 0 Å². The highest BCUT2D eigenvalue weighted by Gasteiger charge is 2.32.